The SMILES string of the molecule is CC(C)OCCOCCn1cc(N)ccc1=O. The molecule has 96 valence electrons. The van der Waals surface area contributed by atoms with E-state index in [1.165, 1.54) is 6.07 Å². The Hall–Kier alpha value is -1.33. The Morgan fingerprint density at radius 2 is 2.06 bits per heavy atom. The summed E-state index contributed by atoms with van der Waals surface area (Å²) < 4.78 is 12.2. The van der Waals surface area contributed by atoms with Gasteiger partial charge in [0.1, 0.15) is 0 Å². The first-order chi connectivity index (χ1) is 8.09. The summed E-state index contributed by atoms with van der Waals surface area (Å²) in [6.07, 6.45) is 1.84. The summed E-state index contributed by atoms with van der Waals surface area (Å²) in [6.45, 7) is 6.05. The molecule has 0 aliphatic heterocycles. The third-order valence-electron chi connectivity index (χ3n) is 2.16. The lowest BCUT2D eigenvalue weighted by Crippen LogP contribution is -2.22. The number of nitrogens with zero attached hydrogens (tertiary/aromatic N) is 1. The maximum atomic E-state index is 11.4. The van der Waals surface area contributed by atoms with Crippen LogP contribution in [0.1, 0.15) is 13.8 Å². The lowest BCUT2D eigenvalue weighted by Gasteiger charge is -2.09. The molecule has 0 amide bonds. The van der Waals surface area contributed by atoms with Crippen LogP contribution in [-0.2, 0) is 16.0 Å². The van der Waals surface area contributed by atoms with E-state index in [1.54, 1.807) is 16.8 Å². The van der Waals surface area contributed by atoms with Crippen molar-refractivity contribution in [2.75, 3.05) is 25.6 Å². The molecule has 0 atom stereocenters. The molecule has 1 aromatic heterocycles. The average molecular weight is 240 g/mol. The van der Waals surface area contributed by atoms with Crippen molar-refractivity contribution in [3.63, 3.8) is 0 Å². The minimum Gasteiger partial charge on any atom is -0.398 e. The highest BCUT2D eigenvalue weighted by Gasteiger charge is 1.97. The molecule has 1 rings (SSSR count). The molecule has 0 saturated carbocycles. The fraction of sp³-hybridized carbons (Fsp3) is 0.583. The second-order valence-electron chi connectivity index (χ2n) is 4.03. The number of hydrogen-bond donors (Lipinski definition) is 1. The first-order valence-corrected chi connectivity index (χ1v) is 5.75. The third-order valence-corrected chi connectivity index (χ3v) is 2.16. The van der Waals surface area contributed by atoms with Gasteiger partial charge in [0.25, 0.3) is 5.56 Å². The molecule has 5 nitrogen and oxygen atoms in total. The van der Waals surface area contributed by atoms with E-state index in [4.69, 9.17) is 15.2 Å². The van der Waals surface area contributed by atoms with Crippen molar-refractivity contribution in [2.45, 2.75) is 26.5 Å². The maximum absolute atomic E-state index is 11.4. The van der Waals surface area contributed by atoms with E-state index in [9.17, 15) is 4.79 Å². The van der Waals surface area contributed by atoms with Gasteiger partial charge in [-0.1, -0.05) is 0 Å². The van der Waals surface area contributed by atoms with Crippen molar-refractivity contribution in [2.24, 2.45) is 0 Å². The van der Waals surface area contributed by atoms with Crippen LogP contribution in [0.25, 0.3) is 0 Å². The minimum absolute atomic E-state index is 0.0683. The van der Waals surface area contributed by atoms with Crippen molar-refractivity contribution in [1.29, 1.82) is 0 Å². The molecule has 0 aromatic carbocycles. The van der Waals surface area contributed by atoms with Gasteiger partial charge in [-0.05, 0) is 19.9 Å². The van der Waals surface area contributed by atoms with Crippen molar-refractivity contribution < 1.29 is 9.47 Å². The van der Waals surface area contributed by atoms with Crippen LogP contribution in [0.2, 0.25) is 0 Å². The Morgan fingerprint density at radius 1 is 1.29 bits per heavy atom. The first-order valence-electron chi connectivity index (χ1n) is 5.75. The molecule has 0 aliphatic carbocycles. The molecule has 2 N–H and O–H groups in total. The fourth-order valence-corrected chi connectivity index (χ4v) is 1.33. The zero-order valence-electron chi connectivity index (χ0n) is 10.4. The molecule has 1 heterocycles. The Kier molecular flexibility index (Phi) is 5.72. The third kappa shape index (κ3) is 5.51. The molecule has 0 bridgehead atoms. The number of nitrogens with two attached hydrogens (primary N) is 1. The number of ether oxygens (including phenoxy) is 2. The van der Waals surface area contributed by atoms with Crippen LogP contribution >= 0.6 is 0 Å². The number of anilines is 1. The molecule has 0 saturated heterocycles. The first kappa shape index (κ1) is 13.7. The second-order valence-corrected chi connectivity index (χ2v) is 4.03. The monoisotopic (exact) mass is 240 g/mol. The van der Waals surface area contributed by atoms with Gasteiger partial charge in [-0.25, -0.2) is 0 Å². The van der Waals surface area contributed by atoms with Gasteiger partial charge in [0.2, 0.25) is 0 Å². The van der Waals surface area contributed by atoms with Crippen molar-refractivity contribution in [3.8, 4) is 0 Å². The van der Waals surface area contributed by atoms with Crippen molar-refractivity contribution in [1.82, 2.24) is 4.57 Å². The summed E-state index contributed by atoms with van der Waals surface area (Å²) >= 11 is 0. The molecular weight excluding hydrogens is 220 g/mol. The van der Waals surface area contributed by atoms with Crippen LogP contribution in [-0.4, -0.2) is 30.5 Å². The number of nitrogen functional groups attached to an aromatic ring is 1. The molecule has 0 fully saturated rings. The predicted molar refractivity (Wildman–Crippen MR) is 67.0 cm³/mol. The Bertz CT molecular complexity index is 388. The lowest BCUT2D eigenvalue weighted by atomic mass is 10.4. The summed E-state index contributed by atoms with van der Waals surface area (Å²) in [5.41, 5.74) is 6.10. The number of rotatable bonds is 7. The highest BCUT2D eigenvalue weighted by molar-refractivity contribution is 5.33. The molecule has 0 aliphatic rings. The standard InChI is InChI=1S/C12H20N2O3/c1-10(2)17-8-7-16-6-5-14-9-11(13)3-4-12(14)15/h3-4,9-10H,5-8,13H2,1-2H3. The summed E-state index contributed by atoms with van der Waals surface area (Å²) in [6, 6.07) is 3.05. The zero-order chi connectivity index (χ0) is 12.7. The molecule has 1 aromatic rings. The van der Waals surface area contributed by atoms with Gasteiger partial charge >= 0.3 is 0 Å². The van der Waals surface area contributed by atoms with Crippen molar-refractivity contribution >= 4 is 5.69 Å². The van der Waals surface area contributed by atoms with Crippen LogP contribution < -0.4 is 11.3 Å². The summed E-state index contributed by atoms with van der Waals surface area (Å²) in [7, 11) is 0. The summed E-state index contributed by atoms with van der Waals surface area (Å²) in [5.74, 6) is 0. The van der Waals surface area contributed by atoms with E-state index in [-0.39, 0.29) is 11.7 Å². The number of hydrogen-bond acceptors (Lipinski definition) is 4. The molecule has 17 heavy (non-hydrogen) atoms. The maximum Gasteiger partial charge on any atom is 0.250 e. The molecule has 5 heteroatoms. The largest absolute Gasteiger partial charge is 0.398 e. The summed E-state index contributed by atoms with van der Waals surface area (Å²) in [4.78, 5) is 11.4. The van der Waals surface area contributed by atoms with Crippen LogP contribution in [0.3, 0.4) is 0 Å². The zero-order valence-corrected chi connectivity index (χ0v) is 10.4. The number of aromatic nitrogens is 1. The smallest absolute Gasteiger partial charge is 0.250 e. The van der Waals surface area contributed by atoms with Gasteiger partial charge in [0.15, 0.2) is 0 Å². The molecule has 0 unspecified atom stereocenters. The predicted octanol–water partition coefficient (Wildman–Crippen LogP) is 0.872. The van der Waals surface area contributed by atoms with Crippen LogP contribution in [0.5, 0.6) is 0 Å². The van der Waals surface area contributed by atoms with Gasteiger partial charge in [-0.15, -0.1) is 0 Å². The quantitative estimate of drug-likeness (QED) is 0.718. The highest BCUT2D eigenvalue weighted by Crippen LogP contribution is 1.95. The van der Waals surface area contributed by atoms with Gasteiger partial charge in [0, 0.05) is 24.5 Å². The Balaban J connectivity index is 2.22. The van der Waals surface area contributed by atoms with Gasteiger partial charge in [-0.3, -0.25) is 4.79 Å². The van der Waals surface area contributed by atoms with Crippen LogP contribution in [0.4, 0.5) is 5.69 Å². The Labute approximate surface area is 101 Å². The van der Waals surface area contributed by atoms with Gasteiger partial charge in [0.05, 0.1) is 25.9 Å². The van der Waals surface area contributed by atoms with E-state index in [0.29, 0.717) is 32.1 Å². The van der Waals surface area contributed by atoms with E-state index in [2.05, 4.69) is 0 Å². The second kappa shape index (κ2) is 7.09. The van der Waals surface area contributed by atoms with Crippen LogP contribution in [0, 0.1) is 0 Å². The van der Waals surface area contributed by atoms with E-state index < -0.39 is 0 Å². The van der Waals surface area contributed by atoms with E-state index in [0.717, 1.165) is 0 Å². The summed E-state index contributed by atoms with van der Waals surface area (Å²) in [5, 5.41) is 0. The van der Waals surface area contributed by atoms with Gasteiger partial charge in [-0.2, -0.15) is 0 Å². The fourth-order valence-electron chi connectivity index (χ4n) is 1.33. The van der Waals surface area contributed by atoms with E-state index >= 15 is 0 Å². The number of pyridine rings is 1. The van der Waals surface area contributed by atoms with E-state index in [1.807, 2.05) is 13.8 Å². The average Bonchev–Trinajstić information content (AvgIpc) is 2.27. The van der Waals surface area contributed by atoms with Crippen molar-refractivity contribution in [3.05, 3.63) is 28.7 Å². The lowest BCUT2D eigenvalue weighted by molar-refractivity contribution is 0.0175. The van der Waals surface area contributed by atoms with Gasteiger partial charge < -0.3 is 19.8 Å². The molecular formula is C12H20N2O3. The minimum atomic E-state index is -0.0683. The topological polar surface area (TPSA) is 66.5 Å². The highest BCUT2D eigenvalue weighted by atomic mass is 16.5. The Morgan fingerprint density at radius 3 is 2.76 bits per heavy atom. The molecule has 0 radical (unpaired) electrons. The molecule has 0 spiro atoms. The van der Waals surface area contributed by atoms with Crippen LogP contribution in [0.15, 0.2) is 23.1 Å². The normalized spacial score (nSPS) is 11.0.